The fourth-order valence-corrected chi connectivity index (χ4v) is 4.54. The Morgan fingerprint density at radius 2 is 1.69 bits per heavy atom. The van der Waals surface area contributed by atoms with Crippen LogP contribution in [0.4, 0.5) is 0 Å². The second-order valence-corrected chi connectivity index (χ2v) is 8.08. The van der Waals surface area contributed by atoms with Crippen LogP contribution in [0.15, 0.2) is 53.4 Å². The van der Waals surface area contributed by atoms with E-state index in [4.69, 9.17) is 0 Å². The molecule has 0 radical (unpaired) electrons. The van der Waals surface area contributed by atoms with Crippen LogP contribution in [-0.2, 0) is 10.0 Å². The topological polar surface area (TPSA) is 66.5 Å². The Hall–Kier alpha value is -2.18. The number of carbonyl (C=O) groups is 1. The van der Waals surface area contributed by atoms with E-state index < -0.39 is 10.0 Å². The molecule has 2 aromatic carbocycles. The number of hydrogen-bond acceptors (Lipinski definition) is 3. The summed E-state index contributed by atoms with van der Waals surface area (Å²) in [5, 5.41) is 2.92. The van der Waals surface area contributed by atoms with Gasteiger partial charge >= 0.3 is 0 Å². The van der Waals surface area contributed by atoms with Crippen LogP contribution < -0.4 is 5.32 Å². The lowest BCUT2D eigenvalue weighted by molar-refractivity contribution is 0.0939. The van der Waals surface area contributed by atoms with Crippen molar-refractivity contribution in [1.29, 1.82) is 0 Å². The summed E-state index contributed by atoms with van der Waals surface area (Å²) in [5.41, 5.74) is 1.96. The molecule has 0 aromatic heterocycles. The van der Waals surface area contributed by atoms with E-state index in [0.717, 1.165) is 5.56 Å². The molecule has 0 aliphatic carbocycles. The second-order valence-electron chi connectivity index (χ2n) is 6.18. The van der Waals surface area contributed by atoms with Crippen LogP contribution in [-0.4, -0.2) is 31.7 Å². The quantitative estimate of drug-likeness (QED) is 0.806. The lowest BCUT2D eigenvalue weighted by atomic mass is 10.1. The summed E-state index contributed by atoms with van der Waals surface area (Å²) in [6.07, 6.45) is 0. The first-order valence-electron chi connectivity index (χ1n) is 8.77. The summed E-state index contributed by atoms with van der Waals surface area (Å²) in [5.74, 6) is -0.294. The molecular weight excluding hydrogens is 348 g/mol. The van der Waals surface area contributed by atoms with Gasteiger partial charge in [-0.2, -0.15) is 4.31 Å². The fourth-order valence-electron chi connectivity index (χ4n) is 2.83. The zero-order valence-electron chi connectivity index (χ0n) is 15.7. The van der Waals surface area contributed by atoms with Crippen LogP contribution in [0.5, 0.6) is 0 Å². The molecule has 0 bridgehead atoms. The van der Waals surface area contributed by atoms with Gasteiger partial charge in [0.05, 0.1) is 10.9 Å². The fraction of sp³-hybridized carbons (Fsp3) is 0.350. The predicted octanol–water partition coefficient (Wildman–Crippen LogP) is 3.52. The summed E-state index contributed by atoms with van der Waals surface area (Å²) in [6, 6.07) is 14.3. The van der Waals surface area contributed by atoms with Crippen LogP contribution in [0.1, 0.15) is 48.3 Å². The Bertz CT molecular complexity index is 860. The molecule has 5 nitrogen and oxygen atoms in total. The average molecular weight is 375 g/mol. The van der Waals surface area contributed by atoms with Gasteiger partial charge in [0.1, 0.15) is 0 Å². The van der Waals surface area contributed by atoms with Crippen LogP contribution in [0.3, 0.4) is 0 Å². The van der Waals surface area contributed by atoms with Crippen molar-refractivity contribution in [3.05, 3.63) is 65.2 Å². The molecule has 2 aromatic rings. The highest BCUT2D eigenvalue weighted by Crippen LogP contribution is 2.22. The molecule has 1 unspecified atom stereocenters. The molecule has 0 saturated heterocycles. The van der Waals surface area contributed by atoms with Crippen molar-refractivity contribution in [2.45, 2.75) is 38.6 Å². The number of benzene rings is 2. The Morgan fingerprint density at radius 3 is 2.27 bits per heavy atom. The molecule has 0 aliphatic rings. The SMILES string of the molecule is CCN(CC)S(=O)(=O)c1cc(C(=O)NC(C)c2ccccc2)ccc1C. The molecule has 0 spiro atoms. The highest BCUT2D eigenvalue weighted by molar-refractivity contribution is 7.89. The Morgan fingerprint density at radius 1 is 1.08 bits per heavy atom. The number of amides is 1. The first-order chi connectivity index (χ1) is 12.3. The third-order valence-corrected chi connectivity index (χ3v) is 6.61. The lowest BCUT2D eigenvalue weighted by Crippen LogP contribution is -2.31. The second kappa shape index (κ2) is 8.47. The first-order valence-corrected chi connectivity index (χ1v) is 10.2. The van der Waals surface area contributed by atoms with Crippen LogP contribution in [0.25, 0.3) is 0 Å². The molecule has 2 rings (SSSR count). The number of sulfonamides is 1. The van der Waals surface area contributed by atoms with Crippen molar-refractivity contribution in [3.63, 3.8) is 0 Å². The van der Waals surface area contributed by atoms with Crippen molar-refractivity contribution in [2.75, 3.05) is 13.1 Å². The van der Waals surface area contributed by atoms with Crippen molar-refractivity contribution >= 4 is 15.9 Å². The standard InChI is InChI=1S/C20H26N2O3S/c1-5-22(6-2)26(24,25)19-14-18(13-12-15(19)3)20(23)21-16(4)17-10-8-7-9-11-17/h7-14,16H,5-6H2,1-4H3,(H,21,23). The van der Waals surface area contributed by atoms with E-state index in [2.05, 4.69) is 5.32 Å². The van der Waals surface area contributed by atoms with E-state index in [-0.39, 0.29) is 16.8 Å². The number of aryl methyl sites for hydroxylation is 1. The molecule has 26 heavy (non-hydrogen) atoms. The monoisotopic (exact) mass is 374 g/mol. The Balaban J connectivity index is 2.30. The van der Waals surface area contributed by atoms with Gasteiger partial charge in [-0.25, -0.2) is 8.42 Å². The number of rotatable bonds is 7. The first kappa shape index (κ1) is 20.1. The molecule has 140 valence electrons. The number of nitrogens with zero attached hydrogens (tertiary/aromatic N) is 1. The normalized spacial score (nSPS) is 12.8. The minimum absolute atomic E-state index is 0.173. The summed E-state index contributed by atoms with van der Waals surface area (Å²) < 4.78 is 27.0. The van der Waals surface area contributed by atoms with E-state index in [0.29, 0.717) is 24.2 Å². The van der Waals surface area contributed by atoms with Gasteiger partial charge in [0.2, 0.25) is 10.0 Å². The molecule has 0 fully saturated rings. The minimum Gasteiger partial charge on any atom is -0.346 e. The molecule has 0 saturated carbocycles. The summed E-state index contributed by atoms with van der Waals surface area (Å²) in [6.45, 7) is 8.02. The number of carbonyl (C=O) groups excluding carboxylic acids is 1. The third kappa shape index (κ3) is 4.31. The van der Waals surface area contributed by atoms with Gasteiger partial charge in [0.25, 0.3) is 5.91 Å². The summed E-state index contributed by atoms with van der Waals surface area (Å²) in [4.78, 5) is 12.8. The van der Waals surface area contributed by atoms with Crippen LogP contribution in [0.2, 0.25) is 0 Å². The highest BCUT2D eigenvalue weighted by atomic mass is 32.2. The molecule has 0 aliphatic heterocycles. The third-order valence-electron chi connectivity index (χ3n) is 4.42. The van der Waals surface area contributed by atoms with Gasteiger partial charge in [0, 0.05) is 18.7 Å². The molecule has 0 heterocycles. The zero-order valence-corrected chi connectivity index (χ0v) is 16.5. The average Bonchev–Trinajstić information content (AvgIpc) is 2.63. The summed E-state index contributed by atoms with van der Waals surface area (Å²) in [7, 11) is -3.62. The molecule has 1 atom stereocenters. The Labute approximate surface area is 156 Å². The van der Waals surface area contributed by atoms with Crippen molar-refractivity contribution in [1.82, 2.24) is 9.62 Å². The van der Waals surface area contributed by atoms with Gasteiger partial charge in [0.15, 0.2) is 0 Å². The molecule has 1 N–H and O–H groups in total. The number of hydrogen-bond donors (Lipinski definition) is 1. The summed E-state index contributed by atoms with van der Waals surface area (Å²) >= 11 is 0. The van der Waals surface area contributed by atoms with Gasteiger partial charge in [-0.3, -0.25) is 4.79 Å². The van der Waals surface area contributed by atoms with Crippen molar-refractivity contribution in [2.24, 2.45) is 0 Å². The van der Waals surface area contributed by atoms with E-state index in [9.17, 15) is 13.2 Å². The maximum Gasteiger partial charge on any atom is 0.251 e. The van der Waals surface area contributed by atoms with E-state index in [1.54, 1.807) is 32.9 Å². The lowest BCUT2D eigenvalue weighted by Gasteiger charge is -2.20. The smallest absolute Gasteiger partial charge is 0.251 e. The molecular formula is C20H26N2O3S. The van der Waals surface area contributed by atoms with Crippen molar-refractivity contribution in [3.8, 4) is 0 Å². The van der Waals surface area contributed by atoms with E-state index in [1.807, 2.05) is 37.3 Å². The van der Waals surface area contributed by atoms with E-state index in [1.165, 1.54) is 10.4 Å². The molecule has 6 heteroatoms. The number of nitrogens with one attached hydrogen (secondary N) is 1. The van der Waals surface area contributed by atoms with E-state index >= 15 is 0 Å². The van der Waals surface area contributed by atoms with Gasteiger partial charge < -0.3 is 5.32 Å². The largest absolute Gasteiger partial charge is 0.346 e. The van der Waals surface area contributed by atoms with Gasteiger partial charge in [-0.15, -0.1) is 0 Å². The van der Waals surface area contributed by atoms with Gasteiger partial charge in [-0.1, -0.05) is 50.2 Å². The van der Waals surface area contributed by atoms with Crippen molar-refractivity contribution < 1.29 is 13.2 Å². The molecule has 1 amide bonds. The maximum absolute atomic E-state index is 12.8. The van der Waals surface area contributed by atoms with Crippen LogP contribution in [0, 0.1) is 6.92 Å². The highest BCUT2D eigenvalue weighted by Gasteiger charge is 2.25. The minimum atomic E-state index is -3.62. The zero-order chi connectivity index (χ0) is 19.3. The predicted molar refractivity (Wildman–Crippen MR) is 104 cm³/mol. The maximum atomic E-state index is 12.8. The van der Waals surface area contributed by atoms with Gasteiger partial charge in [-0.05, 0) is 37.1 Å². The van der Waals surface area contributed by atoms with Crippen LogP contribution >= 0.6 is 0 Å². The Kier molecular flexibility index (Phi) is 6.56.